The van der Waals surface area contributed by atoms with Gasteiger partial charge < -0.3 is 25.0 Å². The highest BCUT2D eigenvalue weighted by Crippen LogP contribution is 2.51. The highest BCUT2D eigenvalue weighted by molar-refractivity contribution is 5.65. The minimum Gasteiger partial charge on any atom is -0.465 e. The molecule has 3 unspecified atom stereocenters. The van der Waals surface area contributed by atoms with Gasteiger partial charge in [-0.3, -0.25) is 0 Å². The number of piperidine rings is 1. The fourth-order valence-corrected chi connectivity index (χ4v) is 3.46. The predicted molar refractivity (Wildman–Crippen MR) is 65.1 cm³/mol. The molecule has 6 heteroatoms. The van der Waals surface area contributed by atoms with Gasteiger partial charge in [0.2, 0.25) is 0 Å². The normalized spacial score (nSPS) is 36.2. The maximum absolute atomic E-state index is 11.0. The van der Waals surface area contributed by atoms with Crippen molar-refractivity contribution in [1.29, 1.82) is 0 Å². The molecule has 3 rings (SSSR count). The van der Waals surface area contributed by atoms with Crippen LogP contribution in [0.1, 0.15) is 12.8 Å². The largest absolute Gasteiger partial charge is 0.465 e. The molecule has 3 atom stereocenters. The molecule has 2 saturated heterocycles. The molecule has 0 saturated carbocycles. The van der Waals surface area contributed by atoms with Crippen molar-refractivity contribution in [3.05, 3.63) is 23.8 Å². The highest BCUT2D eigenvalue weighted by Gasteiger charge is 2.52. The third-order valence-corrected chi connectivity index (χ3v) is 4.50. The zero-order chi connectivity index (χ0) is 13.6. The first kappa shape index (κ1) is 12.7. The van der Waals surface area contributed by atoms with E-state index in [-0.39, 0.29) is 11.3 Å². The van der Waals surface area contributed by atoms with Gasteiger partial charge in [-0.25, -0.2) is 4.79 Å². The van der Waals surface area contributed by atoms with Crippen LogP contribution in [0.15, 0.2) is 23.8 Å². The fraction of sp³-hybridized carbons (Fsp3) is 0.615. The van der Waals surface area contributed by atoms with E-state index < -0.39 is 18.7 Å². The molecule has 2 aliphatic heterocycles. The number of rotatable bonds is 0. The van der Waals surface area contributed by atoms with Crippen molar-refractivity contribution in [1.82, 2.24) is 4.90 Å². The molecule has 6 nitrogen and oxygen atoms in total. The number of nitrogens with zero attached hydrogens (tertiary/aromatic N) is 1. The second kappa shape index (κ2) is 4.33. The molecular formula is C13H17NO5. The summed E-state index contributed by atoms with van der Waals surface area (Å²) in [6.07, 6.45) is 3.93. The van der Waals surface area contributed by atoms with Gasteiger partial charge in [-0.05, 0) is 18.4 Å². The summed E-state index contributed by atoms with van der Waals surface area (Å²) in [6, 6.07) is 0. The van der Waals surface area contributed by atoms with Gasteiger partial charge >= 0.3 is 6.09 Å². The van der Waals surface area contributed by atoms with Gasteiger partial charge in [0.15, 0.2) is 12.6 Å². The maximum Gasteiger partial charge on any atom is 0.407 e. The van der Waals surface area contributed by atoms with Crippen LogP contribution >= 0.6 is 0 Å². The summed E-state index contributed by atoms with van der Waals surface area (Å²) in [6.45, 7) is 0.874. The molecule has 0 radical (unpaired) electrons. The summed E-state index contributed by atoms with van der Waals surface area (Å²) >= 11 is 0. The number of ether oxygens (including phenoxy) is 1. The van der Waals surface area contributed by atoms with Gasteiger partial charge in [-0.15, -0.1) is 0 Å². The average Bonchev–Trinajstić information content (AvgIpc) is 2.67. The molecule has 0 aromatic heterocycles. The van der Waals surface area contributed by atoms with Crippen molar-refractivity contribution < 1.29 is 24.9 Å². The molecule has 0 aromatic rings. The lowest BCUT2D eigenvalue weighted by molar-refractivity contribution is -0.174. The second-order valence-electron chi connectivity index (χ2n) is 5.39. The average molecular weight is 267 g/mol. The lowest BCUT2D eigenvalue weighted by Gasteiger charge is -2.44. The van der Waals surface area contributed by atoms with Gasteiger partial charge in [-0.2, -0.15) is 0 Å². The Hall–Kier alpha value is -1.37. The van der Waals surface area contributed by atoms with E-state index in [0.717, 1.165) is 0 Å². The molecule has 1 aliphatic carbocycles. The van der Waals surface area contributed by atoms with Gasteiger partial charge in [0.1, 0.15) is 0 Å². The van der Waals surface area contributed by atoms with Gasteiger partial charge in [0.25, 0.3) is 0 Å². The van der Waals surface area contributed by atoms with Crippen molar-refractivity contribution >= 4 is 6.09 Å². The van der Waals surface area contributed by atoms with Crippen molar-refractivity contribution in [3.8, 4) is 0 Å². The Morgan fingerprint density at radius 3 is 2.68 bits per heavy atom. The van der Waals surface area contributed by atoms with E-state index in [4.69, 9.17) is 9.84 Å². The number of allylic oxidation sites excluding steroid dienone is 3. The first-order valence-corrected chi connectivity index (χ1v) is 6.42. The van der Waals surface area contributed by atoms with E-state index in [1.54, 1.807) is 6.08 Å². The number of carbonyl (C=O) groups is 1. The molecule has 0 bridgehead atoms. The van der Waals surface area contributed by atoms with Crippen molar-refractivity contribution in [2.45, 2.75) is 25.4 Å². The molecule has 3 aliphatic rings. The monoisotopic (exact) mass is 267 g/mol. The number of fused-ring (bicyclic) bond motifs is 2. The van der Waals surface area contributed by atoms with E-state index >= 15 is 0 Å². The number of hydrogen-bond acceptors (Lipinski definition) is 4. The molecule has 2 fully saturated rings. The second-order valence-corrected chi connectivity index (χ2v) is 5.39. The Morgan fingerprint density at radius 2 is 2.05 bits per heavy atom. The third kappa shape index (κ3) is 1.87. The Bertz CT molecular complexity index is 450. The molecule has 104 valence electrons. The number of carboxylic acid groups (broad SMARTS) is 1. The van der Waals surface area contributed by atoms with Crippen LogP contribution < -0.4 is 0 Å². The quantitative estimate of drug-likeness (QED) is 0.595. The smallest absolute Gasteiger partial charge is 0.407 e. The zero-order valence-corrected chi connectivity index (χ0v) is 10.4. The van der Waals surface area contributed by atoms with E-state index in [1.165, 1.54) is 4.90 Å². The minimum absolute atomic E-state index is 0.275. The van der Waals surface area contributed by atoms with Crippen LogP contribution in [0.2, 0.25) is 0 Å². The van der Waals surface area contributed by atoms with Gasteiger partial charge in [0.05, 0.1) is 0 Å². The first-order chi connectivity index (χ1) is 9.03. The van der Waals surface area contributed by atoms with Crippen LogP contribution in [0.3, 0.4) is 0 Å². The maximum atomic E-state index is 11.0. The number of aliphatic hydroxyl groups is 2. The summed E-state index contributed by atoms with van der Waals surface area (Å²) in [5, 5.41) is 28.7. The van der Waals surface area contributed by atoms with Crippen LogP contribution in [-0.2, 0) is 4.74 Å². The van der Waals surface area contributed by atoms with Crippen molar-refractivity contribution in [3.63, 3.8) is 0 Å². The Balaban J connectivity index is 1.84. The third-order valence-electron chi connectivity index (χ3n) is 4.50. The molecule has 2 heterocycles. The summed E-state index contributed by atoms with van der Waals surface area (Å²) in [7, 11) is 0. The lowest BCUT2D eigenvalue weighted by Crippen LogP contribution is -2.47. The summed E-state index contributed by atoms with van der Waals surface area (Å²) in [5.74, 6) is -0.275. The highest BCUT2D eigenvalue weighted by atomic mass is 16.7. The summed E-state index contributed by atoms with van der Waals surface area (Å²) in [4.78, 5) is 12.3. The van der Waals surface area contributed by atoms with Crippen LogP contribution in [-0.4, -0.2) is 52.0 Å². The van der Waals surface area contributed by atoms with Crippen LogP contribution in [0.25, 0.3) is 0 Å². The SMILES string of the molecule is O=C(O)N1CCC2(C=CC=C3C(O)OC(O)C32)CC1. The molecule has 19 heavy (non-hydrogen) atoms. The van der Waals surface area contributed by atoms with Crippen LogP contribution in [0.5, 0.6) is 0 Å². The number of amides is 1. The molecule has 1 amide bonds. The zero-order valence-electron chi connectivity index (χ0n) is 10.4. The van der Waals surface area contributed by atoms with Crippen molar-refractivity contribution in [2.24, 2.45) is 11.3 Å². The summed E-state index contributed by atoms with van der Waals surface area (Å²) in [5.41, 5.74) is 0.381. The van der Waals surface area contributed by atoms with Crippen LogP contribution in [0, 0.1) is 11.3 Å². The summed E-state index contributed by atoms with van der Waals surface area (Å²) < 4.78 is 5.08. The fourth-order valence-electron chi connectivity index (χ4n) is 3.46. The van der Waals surface area contributed by atoms with Gasteiger partial charge in [0, 0.05) is 24.4 Å². The first-order valence-electron chi connectivity index (χ1n) is 6.42. The standard InChI is InChI=1S/C13H17NO5/c15-10-8-2-1-3-13(9(8)11(16)19-10)4-6-14(7-5-13)12(17)18/h1-3,9-11,15-16H,4-7H2,(H,17,18). The number of likely N-dealkylation sites (tertiary alicyclic amines) is 1. The Kier molecular flexibility index (Phi) is 2.88. The number of hydrogen-bond donors (Lipinski definition) is 3. The van der Waals surface area contributed by atoms with Crippen LogP contribution in [0.4, 0.5) is 4.79 Å². The van der Waals surface area contributed by atoms with Gasteiger partial charge in [-0.1, -0.05) is 18.2 Å². The lowest BCUT2D eigenvalue weighted by atomic mass is 9.64. The predicted octanol–water partition coefficient (Wildman–Crippen LogP) is 0.526. The molecular weight excluding hydrogens is 250 g/mol. The number of aliphatic hydroxyl groups excluding tert-OH is 2. The molecule has 0 aromatic carbocycles. The minimum atomic E-state index is -1.06. The molecule has 1 spiro atoms. The Labute approximate surface area is 110 Å². The van der Waals surface area contributed by atoms with E-state index in [9.17, 15) is 15.0 Å². The van der Waals surface area contributed by atoms with Crippen molar-refractivity contribution in [2.75, 3.05) is 13.1 Å². The molecule has 3 N–H and O–H groups in total. The topological polar surface area (TPSA) is 90.2 Å². The van der Waals surface area contributed by atoms with E-state index in [2.05, 4.69) is 0 Å². The van der Waals surface area contributed by atoms with E-state index in [1.807, 2.05) is 12.2 Å². The van der Waals surface area contributed by atoms with E-state index in [0.29, 0.717) is 31.5 Å². The Morgan fingerprint density at radius 1 is 1.37 bits per heavy atom.